The van der Waals surface area contributed by atoms with Crippen LogP contribution in [0.15, 0.2) is 35.7 Å². The minimum Gasteiger partial charge on any atom is -0.384 e. The molecule has 0 saturated heterocycles. The van der Waals surface area contributed by atoms with Crippen molar-refractivity contribution in [3.05, 3.63) is 42.1 Å². The predicted octanol–water partition coefficient (Wildman–Crippen LogP) is 0.693. The van der Waals surface area contributed by atoms with Gasteiger partial charge in [-0.1, -0.05) is 11.8 Å². The second kappa shape index (κ2) is 5.73. The first kappa shape index (κ1) is 14.0. The molecule has 3 N–H and O–H groups in total. The van der Waals surface area contributed by atoms with Crippen molar-refractivity contribution in [2.24, 2.45) is 0 Å². The molecule has 0 atom stereocenters. The molecular formula is C12H10FN3O3S. The Morgan fingerprint density at radius 1 is 1.45 bits per heavy atom. The zero-order chi connectivity index (χ0) is 14.6. The number of anilines is 1. The van der Waals surface area contributed by atoms with Gasteiger partial charge in [0.2, 0.25) is 0 Å². The summed E-state index contributed by atoms with van der Waals surface area (Å²) in [6.45, 7) is -0.337. The Balaban J connectivity index is 2.27. The lowest BCUT2D eigenvalue weighted by atomic mass is 10.2. The number of aromatic nitrogens is 2. The summed E-state index contributed by atoms with van der Waals surface area (Å²) >= 11 is 0. The quantitative estimate of drug-likeness (QED) is 0.726. The molecule has 1 aromatic carbocycles. The maximum absolute atomic E-state index is 13.8. The zero-order valence-corrected chi connectivity index (χ0v) is 10.9. The molecule has 0 unspecified atom stereocenters. The lowest BCUT2D eigenvalue weighted by Crippen LogP contribution is -2.14. The molecular weight excluding hydrogens is 285 g/mol. The van der Waals surface area contributed by atoms with Gasteiger partial charge in [-0.25, -0.2) is 9.37 Å². The summed E-state index contributed by atoms with van der Waals surface area (Å²) in [6, 6.07) is 3.77. The summed E-state index contributed by atoms with van der Waals surface area (Å²) in [5.74, 6) is 4.12. The molecule has 8 heteroatoms. The van der Waals surface area contributed by atoms with Crippen molar-refractivity contribution in [2.75, 3.05) is 11.3 Å². The van der Waals surface area contributed by atoms with E-state index in [0.717, 1.165) is 12.3 Å². The molecule has 0 aliphatic heterocycles. The highest BCUT2D eigenvalue weighted by molar-refractivity contribution is 7.92. The van der Waals surface area contributed by atoms with Crippen LogP contribution in [0.3, 0.4) is 0 Å². The third kappa shape index (κ3) is 3.14. The molecule has 6 nitrogen and oxygen atoms in total. The Labute approximate surface area is 114 Å². The number of imidazole rings is 1. The van der Waals surface area contributed by atoms with Crippen LogP contribution < -0.4 is 4.72 Å². The fourth-order valence-electron chi connectivity index (χ4n) is 1.41. The third-order valence-corrected chi connectivity index (χ3v) is 3.58. The van der Waals surface area contributed by atoms with E-state index >= 15 is 0 Å². The highest BCUT2D eigenvalue weighted by Gasteiger charge is 2.17. The average molecular weight is 295 g/mol. The standard InChI is InChI=1S/C12H10FN3O3S/c13-10-6-9(2-1-5-17)3-4-11(10)16-20(18,19)12-7-14-8-15-12/h3-4,6-8,16-17H,5H2,(H,14,15). The third-order valence-electron chi connectivity index (χ3n) is 2.29. The van der Waals surface area contributed by atoms with Crippen molar-refractivity contribution >= 4 is 15.7 Å². The summed E-state index contributed by atoms with van der Waals surface area (Å²) in [7, 11) is -3.91. The summed E-state index contributed by atoms with van der Waals surface area (Å²) < 4.78 is 39.6. The molecule has 104 valence electrons. The Kier molecular flexibility index (Phi) is 4.02. The van der Waals surface area contributed by atoms with Gasteiger partial charge in [-0.2, -0.15) is 8.42 Å². The van der Waals surface area contributed by atoms with Crippen LogP contribution in [0.25, 0.3) is 0 Å². The van der Waals surface area contributed by atoms with Crippen LogP contribution in [0.1, 0.15) is 5.56 Å². The zero-order valence-electron chi connectivity index (χ0n) is 10.1. The number of aliphatic hydroxyl groups is 1. The number of nitrogens with zero attached hydrogens (tertiary/aromatic N) is 1. The van der Waals surface area contributed by atoms with Gasteiger partial charge in [0.25, 0.3) is 10.0 Å². The number of benzene rings is 1. The smallest absolute Gasteiger partial charge is 0.279 e. The minimum atomic E-state index is -3.91. The van der Waals surface area contributed by atoms with Crippen molar-refractivity contribution in [3.63, 3.8) is 0 Å². The van der Waals surface area contributed by atoms with Gasteiger partial charge in [0.05, 0.1) is 18.2 Å². The van der Waals surface area contributed by atoms with Crippen LogP contribution in [0.5, 0.6) is 0 Å². The Hall–Kier alpha value is -2.37. The van der Waals surface area contributed by atoms with E-state index < -0.39 is 15.8 Å². The summed E-state index contributed by atoms with van der Waals surface area (Å²) in [5.41, 5.74) is 0.134. The lowest BCUT2D eigenvalue weighted by molar-refractivity contribution is 0.350. The van der Waals surface area contributed by atoms with Gasteiger partial charge in [-0.05, 0) is 18.2 Å². The number of rotatable bonds is 3. The van der Waals surface area contributed by atoms with E-state index in [-0.39, 0.29) is 17.3 Å². The van der Waals surface area contributed by atoms with Gasteiger partial charge in [0.1, 0.15) is 12.4 Å². The normalized spacial score (nSPS) is 10.7. The van der Waals surface area contributed by atoms with Crippen LogP contribution in [0.4, 0.5) is 10.1 Å². The van der Waals surface area contributed by atoms with Gasteiger partial charge in [-0.3, -0.25) is 4.72 Å². The molecule has 0 radical (unpaired) electrons. The van der Waals surface area contributed by atoms with Crippen LogP contribution in [-0.4, -0.2) is 30.1 Å². The average Bonchev–Trinajstić information content (AvgIpc) is 2.94. The van der Waals surface area contributed by atoms with Gasteiger partial charge in [0.15, 0.2) is 5.03 Å². The molecule has 1 aromatic heterocycles. The lowest BCUT2D eigenvalue weighted by Gasteiger charge is -2.07. The van der Waals surface area contributed by atoms with Crippen molar-refractivity contribution in [2.45, 2.75) is 5.03 Å². The number of nitrogens with one attached hydrogen (secondary N) is 2. The molecule has 0 spiro atoms. The maximum atomic E-state index is 13.8. The van der Waals surface area contributed by atoms with E-state index in [0.29, 0.717) is 5.56 Å². The van der Waals surface area contributed by atoms with Crippen molar-refractivity contribution in [1.82, 2.24) is 9.97 Å². The minimum absolute atomic E-state index is 0.166. The van der Waals surface area contributed by atoms with Gasteiger partial charge in [0, 0.05) is 5.56 Å². The molecule has 20 heavy (non-hydrogen) atoms. The first-order chi connectivity index (χ1) is 9.53. The highest BCUT2D eigenvalue weighted by Crippen LogP contribution is 2.19. The SMILES string of the molecule is O=S(=O)(Nc1ccc(C#CCO)cc1F)c1cnc[nH]1. The van der Waals surface area contributed by atoms with E-state index in [1.54, 1.807) is 0 Å². The Morgan fingerprint density at radius 3 is 2.85 bits per heavy atom. The van der Waals surface area contributed by atoms with Crippen LogP contribution in [0.2, 0.25) is 0 Å². The van der Waals surface area contributed by atoms with E-state index in [2.05, 4.69) is 26.5 Å². The van der Waals surface area contributed by atoms with Crippen LogP contribution in [0, 0.1) is 17.7 Å². The first-order valence-electron chi connectivity index (χ1n) is 5.43. The number of aliphatic hydroxyl groups excluding tert-OH is 1. The van der Waals surface area contributed by atoms with Gasteiger partial charge in [-0.15, -0.1) is 0 Å². The second-order valence-electron chi connectivity index (χ2n) is 3.68. The Bertz CT molecular complexity index is 761. The van der Waals surface area contributed by atoms with E-state index in [9.17, 15) is 12.8 Å². The summed E-state index contributed by atoms with van der Waals surface area (Å²) in [6.07, 6.45) is 2.32. The number of hydrogen-bond acceptors (Lipinski definition) is 4. The van der Waals surface area contributed by atoms with Gasteiger partial charge < -0.3 is 10.1 Å². The van der Waals surface area contributed by atoms with Crippen molar-refractivity contribution < 1.29 is 17.9 Å². The maximum Gasteiger partial charge on any atom is 0.279 e. The molecule has 2 aromatic rings. The molecule has 0 bridgehead atoms. The van der Waals surface area contributed by atoms with Crippen LogP contribution >= 0.6 is 0 Å². The molecule has 0 aliphatic rings. The predicted molar refractivity (Wildman–Crippen MR) is 69.8 cm³/mol. The summed E-state index contributed by atoms with van der Waals surface area (Å²) in [4.78, 5) is 6.01. The molecule has 0 aliphatic carbocycles. The van der Waals surface area contributed by atoms with Gasteiger partial charge >= 0.3 is 0 Å². The second-order valence-corrected chi connectivity index (χ2v) is 5.33. The van der Waals surface area contributed by atoms with Crippen molar-refractivity contribution in [3.8, 4) is 11.8 Å². The Morgan fingerprint density at radius 2 is 2.25 bits per heavy atom. The molecule has 0 fully saturated rings. The fourth-order valence-corrected chi connectivity index (χ4v) is 2.38. The van der Waals surface area contributed by atoms with E-state index in [1.807, 2.05) is 0 Å². The topological polar surface area (TPSA) is 95.1 Å². The highest BCUT2D eigenvalue weighted by atomic mass is 32.2. The number of hydrogen-bond donors (Lipinski definition) is 3. The molecule has 0 saturated carbocycles. The monoisotopic (exact) mass is 295 g/mol. The van der Waals surface area contributed by atoms with Crippen LogP contribution in [-0.2, 0) is 10.0 Å². The summed E-state index contributed by atoms with van der Waals surface area (Å²) in [5, 5.41) is 8.38. The molecule has 2 rings (SSSR count). The first-order valence-corrected chi connectivity index (χ1v) is 6.92. The van der Waals surface area contributed by atoms with E-state index in [1.165, 1.54) is 18.5 Å². The van der Waals surface area contributed by atoms with E-state index in [4.69, 9.17) is 5.11 Å². The largest absolute Gasteiger partial charge is 0.384 e. The number of sulfonamides is 1. The number of halogens is 1. The molecule has 0 amide bonds. The number of H-pyrrole nitrogens is 1. The van der Waals surface area contributed by atoms with Crippen molar-refractivity contribution in [1.29, 1.82) is 0 Å². The number of aromatic amines is 1. The fraction of sp³-hybridized carbons (Fsp3) is 0.0833. The molecule has 1 heterocycles.